The van der Waals surface area contributed by atoms with E-state index in [4.69, 9.17) is 4.43 Å². The molecule has 0 aromatic heterocycles. The van der Waals surface area contributed by atoms with Crippen LogP contribution in [0.15, 0.2) is 23.8 Å². The van der Waals surface area contributed by atoms with Crippen LogP contribution in [0.1, 0.15) is 92.4 Å². The number of rotatable bonds is 11. The summed E-state index contributed by atoms with van der Waals surface area (Å²) in [4.78, 5) is 13.2. The minimum absolute atomic E-state index is 0.0132. The third-order valence-corrected chi connectivity index (χ3v) is 13.2. The third kappa shape index (κ3) is 5.50. The lowest BCUT2D eigenvalue weighted by Gasteiger charge is -2.53. The number of hydrogen-bond donors (Lipinski definition) is 1. The first-order valence-corrected chi connectivity index (χ1v) is 16.1. The predicted molar refractivity (Wildman–Crippen MR) is 136 cm³/mol. The standard InChI is InChI=1S/C28H48O3Si/c1-6-9-18-32(19-10-7-2,20-11-8-3)31-25-16-17-28(4,5)22-13-12-21-23(29)14-15-24(30)26(21)27(22)25/h13-15,21,23,25-27,29H,6-12,16-20H2,1-5H3/t21-,23-,25+,26-,27+/m0/s1. The van der Waals surface area contributed by atoms with Gasteiger partial charge in [-0.15, -0.1) is 0 Å². The van der Waals surface area contributed by atoms with E-state index in [0.717, 1.165) is 19.3 Å². The number of fused-ring (bicyclic) bond motifs is 3. The molecule has 1 saturated carbocycles. The Balaban J connectivity index is 1.96. The normalized spacial score (nSPS) is 31.8. The van der Waals surface area contributed by atoms with Crippen molar-refractivity contribution in [2.75, 3.05) is 0 Å². The maximum atomic E-state index is 13.2. The minimum atomic E-state index is -1.88. The van der Waals surface area contributed by atoms with Gasteiger partial charge in [0.25, 0.3) is 0 Å². The summed E-state index contributed by atoms with van der Waals surface area (Å²) in [6, 6.07) is 3.79. The second kappa shape index (κ2) is 11.1. The molecule has 0 radical (unpaired) electrons. The van der Waals surface area contributed by atoms with Crippen LogP contribution >= 0.6 is 0 Å². The lowest BCUT2D eigenvalue weighted by Crippen LogP contribution is -2.54. The van der Waals surface area contributed by atoms with Crippen molar-refractivity contribution < 1.29 is 14.3 Å². The number of unbranched alkanes of at least 4 members (excludes halogenated alkanes) is 3. The Morgan fingerprint density at radius 1 is 1.03 bits per heavy atom. The van der Waals surface area contributed by atoms with Crippen LogP contribution in [0.4, 0.5) is 0 Å². The molecule has 3 aliphatic carbocycles. The number of allylic oxidation sites excluding steroid dienone is 2. The molecule has 0 bridgehead atoms. The smallest absolute Gasteiger partial charge is 0.193 e. The Labute approximate surface area is 198 Å². The molecule has 0 aromatic carbocycles. The number of carbonyl (C=O) groups is 1. The molecule has 0 saturated heterocycles. The molecule has 0 unspecified atom stereocenters. The van der Waals surface area contributed by atoms with Crippen LogP contribution in [0, 0.1) is 23.2 Å². The van der Waals surface area contributed by atoms with Gasteiger partial charge in [0, 0.05) is 17.8 Å². The van der Waals surface area contributed by atoms with Gasteiger partial charge in [-0.05, 0) is 48.9 Å². The number of aliphatic hydroxyl groups is 1. The van der Waals surface area contributed by atoms with Crippen LogP contribution in [0.5, 0.6) is 0 Å². The minimum Gasteiger partial charge on any atom is -0.413 e. The summed E-state index contributed by atoms with van der Waals surface area (Å²) in [5.41, 5.74) is 1.55. The molecule has 0 spiro atoms. The first-order chi connectivity index (χ1) is 15.3. The molecule has 0 aliphatic heterocycles. The molecule has 0 amide bonds. The van der Waals surface area contributed by atoms with Gasteiger partial charge in [-0.3, -0.25) is 4.79 Å². The molecular weight excluding hydrogens is 412 g/mol. The highest BCUT2D eigenvalue weighted by atomic mass is 28.4. The van der Waals surface area contributed by atoms with E-state index in [9.17, 15) is 9.90 Å². The molecule has 1 fully saturated rings. The fourth-order valence-corrected chi connectivity index (χ4v) is 11.7. The molecule has 1 N–H and O–H groups in total. The second-order valence-corrected chi connectivity index (χ2v) is 15.5. The van der Waals surface area contributed by atoms with E-state index in [0.29, 0.717) is 0 Å². The quantitative estimate of drug-likeness (QED) is 0.261. The van der Waals surface area contributed by atoms with Crippen LogP contribution < -0.4 is 0 Å². The predicted octanol–water partition coefficient (Wildman–Crippen LogP) is 7.22. The summed E-state index contributed by atoms with van der Waals surface area (Å²) in [5.74, 6) is 0.250. The SMILES string of the molecule is CCCC[Si](CCCC)(CCCC)O[C@@H]1CCC(C)(C)C2=CC[C@@H]3[C@@H](C(=O)C=C[C@@H]3O)[C@H]21. The average molecular weight is 461 g/mol. The molecule has 5 atom stereocenters. The molecule has 0 aromatic rings. The zero-order chi connectivity index (χ0) is 23.4. The highest BCUT2D eigenvalue weighted by Crippen LogP contribution is 2.54. The summed E-state index contributed by atoms with van der Waals surface area (Å²) >= 11 is 0. The molecule has 4 heteroatoms. The van der Waals surface area contributed by atoms with E-state index < -0.39 is 14.4 Å². The van der Waals surface area contributed by atoms with Gasteiger partial charge >= 0.3 is 0 Å². The van der Waals surface area contributed by atoms with Crippen molar-refractivity contribution in [1.29, 1.82) is 0 Å². The number of ketones is 1. The maximum Gasteiger partial charge on any atom is 0.193 e. The molecule has 3 rings (SSSR count). The second-order valence-electron chi connectivity index (χ2n) is 11.4. The Kier molecular flexibility index (Phi) is 9.02. The zero-order valence-electron chi connectivity index (χ0n) is 21.4. The van der Waals surface area contributed by atoms with Crippen LogP contribution in [0.25, 0.3) is 0 Å². The summed E-state index contributed by atoms with van der Waals surface area (Å²) in [6.07, 6.45) is 15.8. The van der Waals surface area contributed by atoms with Gasteiger partial charge in [0.15, 0.2) is 14.1 Å². The van der Waals surface area contributed by atoms with Crippen LogP contribution in [-0.4, -0.2) is 31.4 Å². The lowest BCUT2D eigenvalue weighted by molar-refractivity contribution is -0.127. The summed E-state index contributed by atoms with van der Waals surface area (Å²) in [5, 5.41) is 10.7. The van der Waals surface area contributed by atoms with Gasteiger partial charge in [-0.2, -0.15) is 0 Å². The number of carbonyl (C=O) groups excluding carboxylic acids is 1. The monoisotopic (exact) mass is 460 g/mol. The Bertz CT molecular complexity index is 673. The fraction of sp³-hybridized carbons (Fsp3) is 0.821. The first kappa shape index (κ1) is 25.9. The van der Waals surface area contributed by atoms with Gasteiger partial charge in [0.05, 0.1) is 12.2 Å². The fourth-order valence-electron chi connectivity index (χ4n) is 6.68. The van der Waals surface area contributed by atoms with Crippen molar-refractivity contribution in [3.05, 3.63) is 23.8 Å². The van der Waals surface area contributed by atoms with Gasteiger partial charge in [0.2, 0.25) is 0 Å². The van der Waals surface area contributed by atoms with E-state index in [1.165, 1.54) is 62.2 Å². The van der Waals surface area contributed by atoms with Crippen molar-refractivity contribution in [3.63, 3.8) is 0 Å². The summed E-state index contributed by atoms with van der Waals surface area (Å²) < 4.78 is 7.42. The van der Waals surface area contributed by atoms with Crippen molar-refractivity contribution in [2.24, 2.45) is 23.2 Å². The average Bonchev–Trinajstić information content (AvgIpc) is 2.78. The molecule has 0 heterocycles. The van der Waals surface area contributed by atoms with E-state index in [1.54, 1.807) is 12.2 Å². The first-order valence-electron chi connectivity index (χ1n) is 13.6. The molecule has 3 aliphatic rings. The van der Waals surface area contributed by atoms with E-state index in [2.05, 4.69) is 40.7 Å². The Hall–Kier alpha value is -0.713. The Morgan fingerprint density at radius 3 is 2.19 bits per heavy atom. The molecule has 32 heavy (non-hydrogen) atoms. The van der Waals surface area contributed by atoms with Gasteiger partial charge < -0.3 is 9.53 Å². The van der Waals surface area contributed by atoms with Crippen LogP contribution in [0.2, 0.25) is 18.1 Å². The summed E-state index contributed by atoms with van der Waals surface area (Å²) in [7, 11) is -1.88. The zero-order valence-corrected chi connectivity index (χ0v) is 22.4. The van der Waals surface area contributed by atoms with Crippen molar-refractivity contribution in [1.82, 2.24) is 0 Å². The van der Waals surface area contributed by atoms with Gasteiger partial charge in [-0.25, -0.2) is 0 Å². The molecule has 3 nitrogen and oxygen atoms in total. The van der Waals surface area contributed by atoms with Crippen molar-refractivity contribution in [3.8, 4) is 0 Å². The van der Waals surface area contributed by atoms with Crippen LogP contribution in [-0.2, 0) is 9.22 Å². The number of aliphatic hydroxyl groups excluding tert-OH is 1. The topological polar surface area (TPSA) is 46.5 Å². The maximum absolute atomic E-state index is 13.2. The van der Waals surface area contributed by atoms with E-state index >= 15 is 0 Å². The molecule has 182 valence electrons. The highest BCUT2D eigenvalue weighted by Gasteiger charge is 2.53. The van der Waals surface area contributed by atoms with Crippen molar-refractivity contribution in [2.45, 2.75) is 123 Å². The Morgan fingerprint density at radius 2 is 1.62 bits per heavy atom. The lowest BCUT2D eigenvalue weighted by atomic mass is 9.55. The third-order valence-electron chi connectivity index (χ3n) is 8.64. The highest BCUT2D eigenvalue weighted by molar-refractivity contribution is 6.73. The largest absolute Gasteiger partial charge is 0.413 e. The van der Waals surface area contributed by atoms with Crippen molar-refractivity contribution >= 4 is 14.1 Å². The summed E-state index contributed by atoms with van der Waals surface area (Å²) in [6.45, 7) is 11.6. The number of hydrogen-bond acceptors (Lipinski definition) is 3. The molecular formula is C28H48O3Si. The van der Waals surface area contributed by atoms with E-state index in [-0.39, 0.29) is 35.1 Å². The van der Waals surface area contributed by atoms with Gasteiger partial charge in [0.1, 0.15) is 0 Å². The van der Waals surface area contributed by atoms with E-state index in [1.807, 2.05) is 0 Å². The van der Waals surface area contributed by atoms with Gasteiger partial charge in [-0.1, -0.05) is 90.9 Å². The van der Waals surface area contributed by atoms with Crippen LogP contribution in [0.3, 0.4) is 0 Å².